The van der Waals surface area contributed by atoms with Crippen LogP contribution in [0.3, 0.4) is 0 Å². The van der Waals surface area contributed by atoms with Gasteiger partial charge in [-0.15, -0.1) is 23.5 Å². The first-order valence-corrected chi connectivity index (χ1v) is 13.4. The number of benzene rings is 4. The van der Waals surface area contributed by atoms with Gasteiger partial charge < -0.3 is 0 Å². The van der Waals surface area contributed by atoms with Gasteiger partial charge in [0.2, 0.25) is 0 Å². The van der Waals surface area contributed by atoms with Crippen LogP contribution in [0, 0.1) is 0 Å². The van der Waals surface area contributed by atoms with Crippen molar-refractivity contribution >= 4 is 47.0 Å². The largest absolute Gasteiger partial charge is 0.121 e. The maximum atomic E-state index is 2.35. The van der Waals surface area contributed by atoms with Gasteiger partial charge in [-0.25, -0.2) is 0 Å². The molecule has 4 aromatic carbocycles. The number of hydrogen-bond donors (Lipinski definition) is 0. The van der Waals surface area contributed by atoms with Gasteiger partial charge in [0.05, 0.1) is 0 Å². The van der Waals surface area contributed by atoms with Gasteiger partial charge in [-0.2, -0.15) is 0 Å². The summed E-state index contributed by atoms with van der Waals surface area (Å²) < 4.78 is 0. The maximum absolute atomic E-state index is 2.35. The third kappa shape index (κ3) is 4.94. The molecule has 0 aliphatic carbocycles. The predicted molar refractivity (Wildman–Crippen MR) is 133 cm³/mol. The van der Waals surface area contributed by atoms with Crippen molar-refractivity contribution in [3.63, 3.8) is 0 Å². The summed E-state index contributed by atoms with van der Waals surface area (Å²) in [5.74, 6) is 2.02. The molecule has 1 aliphatic heterocycles. The van der Waals surface area contributed by atoms with E-state index in [2.05, 4.69) is 97.1 Å². The summed E-state index contributed by atoms with van der Waals surface area (Å²) in [6.45, 7) is 0. The monoisotopic (exact) mass is 460 g/mol. The topological polar surface area (TPSA) is 0 Å². The van der Waals surface area contributed by atoms with E-state index in [1.165, 1.54) is 40.5 Å². The number of fused-ring (bicyclic) bond motifs is 2. The van der Waals surface area contributed by atoms with Crippen LogP contribution in [0.2, 0.25) is 0 Å². The molecule has 0 N–H and O–H groups in total. The second-order valence-corrected chi connectivity index (χ2v) is 11.2. The zero-order chi connectivity index (χ0) is 20.2. The number of thioether (sulfide) groups is 2. The summed E-state index contributed by atoms with van der Waals surface area (Å²) in [5.41, 5.74) is 2.74. The molecule has 0 amide bonds. The normalized spacial score (nSPS) is 12.3. The molecule has 0 aromatic heterocycles. The van der Waals surface area contributed by atoms with Crippen molar-refractivity contribution in [1.29, 1.82) is 0 Å². The Balaban J connectivity index is 1.26. The molecule has 0 radical (unpaired) electrons. The minimum Gasteiger partial charge on any atom is -0.121 e. The maximum Gasteiger partial charge on any atom is 0.0273 e. The van der Waals surface area contributed by atoms with Crippen LogP contribution in [0.15, 0.2) is 126 Å². The number of hydrogen-bond acceptors (Lipinski definition) is 4. The Kier molecular flexibility index (Phi) is 6.47. The Labute approximate surface area is 195 Å². The molecule has 0 atom stereocenters. The molecule has 4 heteroatoms. The van der Waals surface area contributed by atoms with Crippen LogP contribution in [0.1, 0.15) is 11.1 Å². The summed E-state index contributed by atoms with van der Waals surface area (Å²) in [7, 11) is 0. The molecule has 148 valence electrons. The highest BCUT2D eigenvalue weighted by Gasteiger charge is 2.18. The van der Waals surface area contributed by atoms with Gasteiger partial charge in [-0.05, 0) is 47.5 Å². The van der Waals surface area contributed by atoms with Crippen LogP contribution in [-0.2, 0) is 11.5 Å². The van der Waals surface area contributed by atoms with Gasteiger partial charge >= 0.3 is 0 Å². The lowest BCUT2D eigenvalue weighted by atomic mass is 10.2. The van der Waals surface area contributed by atoms with Gasteiger partial charge in [0.25, 0.3) is 0 Å². The molecule has 0 spiro atoms. The molecular weight excluding hydrogens is 441 g/mol. The zero-order valence-electron chi connectivity index (χ0n) is 16.3. The Bertz CT molecular complexity index is 1050. The van der Waals surface area contributed by atoms with E-state index in [-0.39, 0.29) is 0 Å². The summed E-state index contributed by atoms with van der Waals surface area (Å²) in [4.78, 5) is 8.14. The molecule has 1 aliphatic rings. The predicted octanol–water partition coefficient (Wildman–Crippen LogP) is 8.89. The highest BCUT2D eigenvalue weighted by molar-refractivity contribution is 8.05. The lowest BCUT2D eigenvalue weighted by Crippen LogP contribution is -1.91. The van der Waals surface area contributed by atoms with Crippen molar-refractivity contribution < 1.29 is 0 Å². The molecule has 0 fully saturated rings. The van der Waals surface area contributed by atoms with Crippen LogP contribution < -0.4 is 0 Å². The average molecular weight is 461 g/mol. The highest BCUT2D eigenvalue weighted by atomic mass is 32.2. The van der Waals surface area contributed by atoms with Gasteiger partial charge in [-0.1, -0.05) is 84.2 Å². The van der Waals surface area contributed by atoms with Gasteiger partial charge in [0.15, 0.2) is 0 Å². The van der Waals surface area contributed by atoms with Crippen LogP contribution in [0.25, 0.3) is 0 Å². The third-order valence-corrected chi connectivity index (χ3v) is 9.42. The van der Waals surface area contributed by atoms with Crippen molar-refractivity contribution in [3.8, 4) is 0 Å². The molecule has 30 heavy (non-hydrogen) atoms. The average Bonchev–Trinajstić information content (AvgIpc) is 2.81. The fourth-order valence-corrected chi connectivity index (χ4v) is 7.41. The second-order valence-electron chi connectivity index (χ2n) is 6.97. The quantitative estimate of drug-likeness (QED) is 0.232. The van der Waals surface area contributed by atoms with E-state index in [0.29, 0.717) is 0 Å². The summed E-state index contributed by atoms with van der Waals surface area (Å²) in [6.07, 6.45) is 0. The van der Waals surface area contributed by atoms with E-state index in [0.717, 1.165) is 11.5 Å². The molecule has 0 bridgehead atoms. The second kappa shape index (κ2) is 9.61. The lowest BCUT2D eigenvalue weighted by molar-refractivity contribution is 1.11. The Morgan fingerprint density at radius 3 is 1.33 bits per heavy atom. The fraction of sp³-hybridized carbons (Fsp3) is 0.0769. The van der Waals surface area contributed by atoms with Crippen molar-refractivity contribution in [3.05, 3.63) is 108 Å². The Morgan fingerprint density at radius 1 is 0.467 bits per heavy atom. The number of rotatable bonds is 6. The summed E-state index contributed by atoms with van der Waals surface area (Å²) >= 11 is 7.61. The standard InChI is InChI=1S/C26H20S4/c1-3-7-19(8-4-1)17-27-21-11-13-23-25(15-21)29-24-14-12-22(16-26(24)30-23)28-18-20-9-5-2-6-10-20/h1-16H,17-18H2. The van der Waals surface area contributed by atoms with Gasteiger partial charge in [-0.3, -0.25) is 0 Å². The highest BCUT2D eigenvalue weighted by Crippen LogP contribution is 2.50. The van der Waals surface area contributed by atoms with E-state index in [4.69, 9.17) is 0 Å². The molecule has 0 saturated carbocycles. The SMILES string of the molecule is c1ccc(CSc2ccc3c(c2)Sc2ccc(SCc4ccccc4)cc2S3)cc1. The minimum atomic E-state index is 1.01. The van der Waals surface area contributed by atoms with Crippen molar-refractivity contribution in [2.75, 3.05) is 0 Å². The molecular formula is C26H20S4. The summed E-state index contributed by atoms with van der Waals surface area (Å²) in [5, 5.41) is 0. The van der Waals surface area contributed by atoms with Crippen molar-refractivity contribution in [1.82, 2.24) is 0 Å². The van der Waals surface area contributed by atoms with E-state index >= 15 is 0 Å². The lowest BCUT2D eigenvalue weighted by Gasteiger charge is -2.19. The fourth-order valence-electron chi connectivity index (χ4n) is 3.20. The Hall–Kier alpha value is -1.72. The summed E-state index contributed by atoms with van der Waals surface area (Å²) in [6, 6.07) is 35.2. The molecule has 0 unspecified atom stereocenters. The first kappa shape index (κ1) is 20.2. The van der Waals surface area contributed by atoms with Crippen LogP contribution in [0.4, 0.5) is 0 Å². The molecule has 1 heterocycles. The van der Waals surface area contributed by atoms with Crippen molar-refractivity contribution in [2.24, 2.45) is 0 Å². The van der Waals surface area contributed by atoms with E-state index in [1.54, 1.807) is 0 Å². The minimum absolute atomic E-state index is 1.01. The van der Waals surface area contributed by atoms with E-state index in [1.807, 2.05) is 47.0 Å². The van der Waals surface area contributed by atoms with Crippen LogP contribution in [0.5, 0.6) is 0 Å². The van der Waals surface area contributed by atoms with E-state index < -0.39 is 0 Å². The van der Waals surface area contributed by atoms with Gasteiger partial charge in [0.1, 0.15) is 0 Å². The third-order valence-electron chi connectivity index (χ3n) is 4.77. The van der Waals surface area contributed by atoms with Crippen LogP contribution in [-0.4, -0.2) is 0 Å². The van der Waals surface area contributed by atoms with Gasteiger partial charge in [0, 0.05) is 40.9 Å². The molecule has 5 rings (SSSR count). The first-order valence-electron chi connectivity index (χ1n) is 9.81. The molecule has 4 aromatic rings. The van der Waals surface area contributed by atoms with Crippen LogP contribution >= 0.6 is 47.0 Å². The Morgan fingerprint density at radius 2 is 0.900 bits per heavy atom. The van der Waals surface area contributed by atoms with Crippen molar-refractivity contribution in [2.45, 2.75) is 40.9 Å². The smallest absolute Gasteiger partial charge is 0.0273 e. The molecule has 0 saturated heterocycles. The van der Waals surface area contributed by atoms with E-state index in [9.17, 15) is 0 Å². The molecule has 0 nitrogen and oxygen atoms in total. The first-order chi connectivity index (χ1) is 14.8. The zero-order valence-corrected chi connectivity index (χ0v) is 19.6.